The molecule has 0 unspecified atom stereocenters. The monoisotopic (exact) mass is 400 g/mol. The van der Waals surface area contributed by atoms with Crippen molar-refractivity contribution < 1.29 is 17.3 Å². The highest BCUT2D eigenvalue weighted by atomic mass is 32.2. The molecule has 0 atom stereocenters. The highest BCUT2D eigenvalue weighted by Gasteiger charge is 2.29. The standard InChI is InChI=1S/C20H20N2O5S/c1-5-14-18(27-28(4,24)25)8-9-22(19(14)23)16-11-20(2,3)26-17-7-6-13(12-21)10-15(16)17/h6-11H,5H2,1-4H3. The van der Waals surface area contributed by atoms with E-state index in [0.29, 0.717) is 29.0 Å². The van der Waals surface area contributed by atoms with Crippen LogP contribution in [0.3, 0.4) is 0 Å². The first kappa shape index (κ1) is 19.7. The Bertz CT molecular complexity index is 1180. The molecule has 7 nitrogen and oxygen atoms in total. The van der Waals surface area contributed by atoms with E-state index in [1.54, 1.807) is 31.2 Å². The lowest BCUT2D eigenvalue weighted by Crippen LogP contribution is -2.33. The van der Waals surface area contributed by atoms with Gasteiger partial charge in [0.1, 0.15) is 11.4 Å². The number of hydrogen-bond donors (Lipinski definition) is 0. The van der Waals surface area contributed by atoms with Crippen LogP contribution < -0.4 is 14.5 Å². The van der Waals surface area contributed by atoms with Gasteiger partial charge in [0.15, 0.2) is 5.75 Å². The van der Waals surface area contributed by atoms with Crippen LogP contribution >= 0.6 is 0 Å². The maximum absolute atomic E-state index is 13.1. The second-order valence-corrected chi connectivity index (χ2v) is 8.61. The average molecular weight is 400 g/mol. The number of ether oxygens (including phenoxy) is 1. The summed E-state index contributed by atoms with van der Waals surface area (Å²) in [5.41, 5.74) is 0.795. The van der Waals surface area contributed by atoms with Gasteiger partial charge in [-0.3, -0.25) is 9.36 Å². The third-order valence-corrected chi connectivity index (χ3v) is 4.73. The average Bonchev–Trinajstić information content (AvgIpc) is 2.59. The summed E-state index contributed by atoms with van der Waals surface area (Å²) >= 11 is 0. The Morgan fingerprint density at radius 3 is 2.61 bits per heavy atom. The van der Waals surface area contributed by atoms with Gasteiger partial charge in [0.05, 0.1) is 29.1 Å². The molecule has 0 radical (unpaired) electrons. The van der Waals surface area contributed by atoms with E-state index in [1.807, 2.05) is 13.8 Å². The van der Waals surface area contributed by atoms with E-state index in [4.69, 9.17) is 8.92 Å². The molecule has 146 valence electrons. The van der Waals surface area contributed by atoms with Gasteiger partial charge in [-0.25, -0.2) is 0 Å². The first-order chi connectivity index (χ1) is 13.0. The number of nitriles is 1. The predicted molar refractivity (Wildman–Crippen MR) is 105 cm³/mol. The van der Waals surface area contributed by atoms with Gasteiger partial charge in [0.25, 0.3) is 5.56 Å². The van der Waals surface area contributed by atoms with Crippen molar-refractivity contribution in [3.05, 3.63) is 63.6 Å². The number of benzene rings is 1. The fourth-order valence-corrected chi connectivity index (χ4v) is 3.61. The number of nitrogens with zero attached hydrogens (tertiary/aromatic N) is 2. The van der Waals surface area contributed by atoms with Crippen molar-refractivity contribution in [3.63, 3.8) is 0 Å². The Labute approximate surface area is 163 Å². The topological polar surface area (TPSA) is 98.4 Å². The van der Waals surface area contributed by atoms with Crippen LogP contribution in [-0.4, -0.2) is 24.8 Å². The molecule has 0 aliphatic carbocycles. The molecule has 0 saturated carbocycles. The fraction of sp³-hybridized carbons (Fsp3) is 0.300. The zero-order valence-electron chi connectivity index (χ0n) is 16.0. The summed E-state index contributed by atoms with van der Waals surface area (Å²) in [5.74, 6) is 0.576. The maximum atomic E-state index is 13.1. The van der Waals surface area contributed by atoms with Gasteiger partial charge < -0.3 is 8.92 Å². The zero-order chi connectivity index (χ0) is 20.7. The molecule has 0 spiro atoms. The summed E-state index contributed by atoms with van der Waals surface area (Å²) in [6, 6.07) is 8.56. The van der Waals surface area contributed by atoms with Crippen LogP contribution in [0.5, 0.6) is 11.5 Å². The predicted octanol–water partition coefficient (Wildman–Crippen LogP) is 2.68. The Morgan fingerprint density at radius 2 is 2.00 bits per heavy atom. The van der Waals surface area contributed by atoms with E-state index in [2.05, 4.69) is 6.07 Å². The molecule has 8 heteroatoms. The quantitative estimate of drug-likeness (QED) is 0.732. The van der Waals surface area contributed by atoms with E-state index < -0.39 is 15.7 Å². The lowest BCUT2D eigenvalue weighted by atomic mass is 9.97. The van der Waals surface area contributed by atoms with Crippen molar-refractivity contribution >= 4 is 15.8 Å². The molecule has 0 N–H and O–H groups in total. The van der Waals surface area contributed by atoms with Crippen molar-refractivity contribution in [1.29, 1.82) is 5.26 Å². The van der Waals surface area contributed by atoms with Crippen molar-refractivity contribution in [2.75, 3.05) is 6.26 Å². The SMILES string of the molecule is CCc1c(OS(C)(=O)=O)ccn(C2=CC(C)(C)Oc3ccc(C#N)cc32)c1=O. The molecular formula is C20H20N2O5S. The fourth-order valence-electron chi connectivity index (χ4n) is 3.13. The lowest BCUT2D eigenvalue weighted by Gasteiger charge is -2.31. The highest BCUT2D eigenvalue weighted by Crippen LogP contribution is 2.37. The summed E-state index contributed by atoms with van der Waals surface area (Å²) in [5, 5.41) is 9.23. The van der Waals surface area contributed by atoms with Crippen LogP contribution in [0.25, 0.3) is 5.70 Å². The van der Waals surface area contributed by atoms with Crippen molar-refractivity contribution in [2.24, 2.45) is 0 Å². The Balaban J connectivity index is 2.25. The minimum atomic E-state index is -3.76. The Morgan fingerprint density at radius 1 is 1.29 bits per heavy atom. The summed E-state index contributed by atoms with van der Waals surface area (Å²) in [4.78, 5) is 13.1. The van der Waals surface area contributed by atoms with E-state index in [1.165, 1.54) is 16.8 Å². The summed E-state index contributed by atoms with van der Waals surface area (Å²) in [7, 11) is -3.76. The van der Waals surface area contributed by atoms with E-state index in [-0.39, 0.29) is 16.9 Å². The number of aromatic nitrogens is 1. The van der Waals surface area contributed by atoms with E-state index in [9.17, 15) is 18.5 Å². The molecule has 1 aliphatic rings. The van der Waals surface area contributed by atoms with Crippen molar-refractivity contribution in [3.8, 4) is 17.6 Å². The highest BCUT2D eigenvalue weighted by molar-refractivity contribution is 7.86. The molecule has 0 amide bonds. The largest absolute Gasteiger partial charge is 0.483 e. The minimum absolute atomic E-state index is 0.0177. The van der Waals surface area contributed by atoms with Gasteiger partial charge in [0, 0.05) is 11.8 Å². The normalized spacial score (nSPS) is 15.0. The molecule has 1 aromatic carbocycles. The minimum Gasteiger partial charge on any atom is -0.483 e. The lowest BCUT2D eigenvalue weighted by molar-refractivity contribution is 0.157. The summed E-state index contributed by atoms with van der Waals surface area (Å²) < 4.78 is 35.3. The van der Waals surface area contributed by atoms with Gasteiger partial charge in [-0.1, -0.05) is 6.92 Å². The van der Waals surface area contributed by atoms with Gasteiger partial charge >= 0.3 is 10.1 Å². The van der Waals surface area contributed by atoms with Gasteiger partial charge in [-0.05, 0) is 50.6 Å². The van der Waals surface area contributed by atoms with Gasteiger partial charge in [0.2, 0.25) is 0 Å². The van der Waals surface area contributed by atoms with Crippen LogP contribution in [-0.2, 0) is 16.5 Å². The van der Waals surface area contributed by atoms with E-state index in [0.717, 1.165) is 6.26 Å². The number of pyridine rings is 1. The molecule has 1 aromatic heterocycles. The molecule has 0 fully saturated rings. The van der Waals surface area contributed by atoms with Gasteiger partial charge in [-0.2, -0.15) is 13.7 Å². The molecule has 1 aliphatic heterocycles. The Hall–Kier alpha value is -3.05. The molecule has 28 heavy (non-hydrogen) atoms. The first-order valence-corrected chi connectivity index (χ1v) is 10.5. The maximum Gasteiger partial charge on any atom is 0.306 e. The third-order valence-electron chi connectivity index (χ3n) is 4.25. The zero-order valence-corrected chi connectivity index (χ0v) is 16.8. The molecule has 0 bridgehead atoms. The second-order valence-electron chi connectivity index (χ2n) is 7.03. The number of fused-ring (bicyclic) bond motifs is 1. The molecule has 2 aromatic rings. The molecule has 2 heterocycles. The molecule has 3 rings (SSSR count). The Kier molecular flexibility index (Phi) is 4.81. The van der Waals surface area contributed by atoms with E-state index >= 15 is 0 Å². The third kappa shape index (κ3) is 3.80. The molecule has 0 saturated heterocycles. The number of hydrogen-bond acceptors (Lipinski definition) is 6. The second kappa shape index (κ2) is 6.84. The first-order valence-electron chi connectivity index (χ1n) is 8.65. The van der Waals surface area contributed by atoms with Crippen LogP contribution in [0.2, 0.25) is 0 Å². The smallest absolute Gasteiger partial charge is 0.306 e. The number of rotatable bonds is 4. The summed E-state index contributed by atoms with van der Waals surface area (Å²) in [6.07, 6.45) is 4.50. The van der Waals surface area contributed by atoms with Crippen LogP contribution in [0.15, 0.2) is 41.3 Å². The molecular weight excluding hydrogens is 380 g/mol. The van der Waals surface area contributed by atoms with Crippen LogP contribution in [0.4, 0.5) is 0 Å². The summed E-state index contributed by atoms with van der Waals surface area (Å²) in [6.45, 7) is 5.47. The van der Waals surface area contributed by atoms with Crippen LogP contribution in [0.1, 0.15) is 37.5 Å². The van der Waals surface area contributed by atoms with Crippen molar-refractivity contribution in [2.45, 2.75) is 32.8 Å². The van der Waals surface area contributed by atoms with Crippen molar-refractivity contribution in [1.82, 2.24) is 4.57 Å². The van der Waals surface area contributed by atoms with Gasteiger partial charge in [-0.15, -0.1) is 0 Å². The van der Waals surface area contributed by atoms with Crippen LogP contribution in [0, 0.1) is 11.3 Å².